The second-order valence-electron chi connectivity index (χ2n) is 4.71. The minimum Gasteiger partial charge on any atom is -0.327 e. The fourth-order valence-electron chi connectivity index (χ4n) is 2.34. The largest absolute Gasteiger partial charge is 0.327 e. The van der Waals surface area contributed by atoms with E-state index in [-0.39, 0.29) is 0 Å². The number of hydrogen-bond donors (Lipinski definition) is 0. The average Bonchev–Trinajstić information content (AvgIpc) is 3.08. The van der Waals surface area contributed by atoms with Gasteiger partial charge in [-0.15, -0.1) is 22.9 Å². The zero-order valence-electron chi connectivity index (χ0n) is 11.2. The molecule has 1 atom stereocenters. The lowest BCUT2D eigenvalue weighted by atomic mass is 10.2. The monoisotopic (exact) mass is 306 g/mol. The van der Waals surface area contributed by atoms with Crippen LogP contribution in [-0.2, 0) is 13.0 Å². The number of aryl methyl sites for hydroxylation is 1. The number of pyridine rings is 1. The molecule has 0 saturated heterocycles. The number of halogens is 1. The Kier molecular flexibility index (Phi) is 3.98. The molecule has 3 heterocycles. The van der Waals surface area contributed by atoms with Gasteiger partial charge in [-0.05, 0) is 6.07 Å². The lowest BCUT2D eigenvalue weighted by Gasteiger charge is -2.13. The Morgan fingerprint density at radius 1 is 1.40 bits per heavy atom. The zero-order chi connectivity index (χ0) is 13.9. The van der Waals surface area contributed by atoms with Crippen LogP contribution in [0.5, 0.6) is 0 Å². The van der Waals surface area contributed by atoms with Crippen molar-refractivity contribution in [3.05, 3.63) is 40.9 Å². The Morgan fingerprint density at radius 2 is 2.30 bits per heavy atom. The van der Waals surface area contributed by atoms with Crippen molar-refractivity contribution in [3.8, 4) is 0 Å². The van der Waals surface area contributed by atoms with E-state index in [0.717, 1.165) is 34.8 Å². The molecule has 20 heavy (non-hydrogen) atoms. The van der Waals surface area contributed by atoms with Crippen LogP contribution in [0, 0.1) is 0 Å². The number of hydrogen-bond acceptors (Lipinski definition) is 4. The zero-order valence-corrected chi connectivity index (χ0v) is 12.7. The summed E-state index contributed by atoms with van der Waals surface area (Å²) in [6, 6.07) is 2.01. The van der Waals surface area contributed by atoms with Gasteiger partial charge in [0.1, 0.15) is 11.3 Å². The summed E-state index contributed by atoms with van der Waals surface area (Å²) in [6.45, 7) is 3.05. The molecule has 3 aromatic rings. The minimum absolute atomic E-state index is 0.356. The van der Waals surface area contributed by atoms with Crippen molar-refractivity contribution in [3.63, 3.8) is 0 Å². The van der Waals surface area contributed by atoms with E-state index in [0.29, 0.717) is 11.8 Å². The third-order valence-corrected chi connectivity index (χ3v) is 4.47. The van der Waals surface area contributed by atoms with Crippen molar-refractivity contribution < 1.29 is 0 Å². The SMILES string of the molecule is CC(Cn1c(CCCl)nc2cnccc21)c1nccs1. The first-order valence-electron chi connectivity index (χ1n) is 6.54. The number of thiazole rings is 1. The third kappa shape index (κ3) is 2.55. The summed E-state index contributed by atoms with van der Waals surface area (Å²) < 4.78 is 2.24. The van der Waals surface area contributed by atoms with E-state index in [1.807, 2.05) is 17.6 Å². The molecule has 3 rings (SSSR count). The molecule has 4 nitrogen and oxygen atoms in total. The molecule has 0 bridgehead atoms. The summed E-state index contributed by atoms with van der Waals surface area (Å²) in [5.74, 6) is 1.95. The molecule has 0 spiro atoms. The highest BCUT2D eigenvalue weighted by molar-refractivity contribution is 7.09. The Balaban J connectivity index is 1.98. The first kappa shape index (κ1) is 13.5. The van der Waals surface area contributed by atoms with Crippen LogP contribution in [0.4, 0.5) is 0 Å². The van der Waals surface area contributed by atoms with Gasteiger partial charge in [0.2, 0.25) is 0 Å². The van der Waals surface area contributed by atoms with E-state index in [9.17, 15) is 0 Å². The van der Waals surface area contributed by atoms with Crippen molar-refractivity contribution in [1.29, 1.82) is 0 Å². The van der Waals surface area contributed by atoms with Crippen LogP contribution in [0.25, 0.3) is 11.0 Å². The highest BCUT2D eigenvalue weighted by Crippen LogP contribution is 2.23. The summed E-state index contributed by atoms with van der Waals surface area (Å²) in [7, 11) is 0. The molecule has 1 unspecified atom stereocenters. The van der Waals surface area contributed by atoms with Gasteiger partial charge in [0.05, 0.1) is 16.7 Å². The molecule has 0 aliphatic heterocycles. The topological polar surface area (TPSA) is 43.6 Å². The molecule has 0 aliphatic rings. The van der Waals surface area contributed by atoms with Crippen molar-refractivity contribution in [2.45, 2.75) is 25.8 Å². The molecule has 3 aromatic heterocycles. The summed E-state index contributed by atoms with van der Waals surface area (Å²) in [5.41, 5.74) is 2.04. The van der Waals surface area contributed by atoms with E-state index < -0.39 is 0 Å². The van der Waals surface area contributed by atoms with Gasteiger partial charge in [0.15, 0.2) is 0 Å². The van der Waals surface area contributed by atoms with Crippen molar-refractivity contribution in [2.24, 2.45) is 0 Å². The van der Waals surface area contributed by atoms with Gasteiger partial charge in [-0.25, -0.2) is 9.97 Å². The summed E-state index contributed by atoms with van der Waals surface area (Å²) in [6.07, 6.45) is 6.23. The molecule has 0 N–H and O–H groups in total. The van der Waals surface area contributed by atoms with Gasteiger partial charge in [-0.3, -0.25) is 4.98 Å². The predicted molar refractivity (Wildman–Crippen MR) is 82.5 cm³/mol. The lowest BCUT2D eigenvalue weighted by molar-refractivity contribution is 0.586. The maximum Gasteiger partial charge on any atom is 0.111 e. The molecule has 104 valence electrons. The van der Waals surface area contributed by atoms with E-state index >= 15 is 0 Å². The lowest BCUT2D eigenvalue weighted by Crippen LogP contribution is -2.10. The number of fused-ring (bicyclic) bond motifs is 1. The summed E-state index contributed by atoms with van der Waals surface area (Å²) in [5, 5.41) is 3.17. The normalized spacial score (nSPS) is 12.9. The smallest absolute Gasteiger partial charge is 0.111 e. The maximum absolute atomic E-state index is 5.89. The van der Waals surface area contributed by atoms with Gasteiger partial charge in [0, 0.05) is 42.5 Å². The Morgan fingerprint density at radius 3 is 3.05 bits per heavy atom. The Bertz CT molecular complexity index is 692. The second-order valence-corrected chi connectivity index (χ2v) is 6.02. The van der Waals surface area contributed by atoms with Crippen LogP contribution in [0.15, 0.2) is 30.0 Å². The van der Waals surface area contributed by atoms with Gasteiger partial charge in [-0.2, -0.15) is 0 Å². The fraction of sp³-hybridized carbons (Fsp3) is 0.357. The number of nitrogens with zero attached hydrogens (tertiary/aromatic N) is 4. The molecule has 0 amide bonds. The first-order chi connectivity index (χ1) is 9.79. The number of alkyl halides is 1. The molecule has 6 heteroatoms. The van der Waals surface area contributed by atoms with Gasteiger partial charge >= 0.3 is 0 Å². The van der Waals surface area contributed by atoms with Crippen molar-refractivity contribution in [1.82, 2.24) is 19.5 Å². The number of aromatic nitrogens is 4. The fourth-order valence-corrected chi connectivity index (χ4v) is 3.20. The van der Waals surface area contributed by atoms with Crippen LogP contribution < -0.4 is 0 Å². The molecule has 0 radical (unpaired) electrons. The highest BCUT2D eigenvalue weighted by atomic mass is 35.5. The Labute approximate surface area is 126 Å². The van der Waals surface area contributed by atoms with Crippen LogP contribution in [0.3, 0.4) is 0 Å². The van der Waals surface area contributed by atoms with Crippen LogP contribution in [0.1, 0.15) is 23.7 Å². The van der Waals surface area contributed by atoms with Crippen LogP contribution >= 0.6 is 22.9 Å². The van der Waals surface area contributed by atoms with Crippen molar-refractivity contribution in [2.75, 3.05) is 5.88 Å². The van der Waals surface area contributed by atoms with Gasteiger partial charge in [0.25, 0.3) is 0 Å². The molecular formula is C14H15ClN4S. The molecular weight excluding hydrogens is 292 g/mol. The third-order valence-electron chi connectivity index (χ3n) is 3.28. The maximum atomic E-state index is 5.89. The van der Waals surface area contributed by atoms with Crippen LogP contribution in [0.2, 0.25) is 0 Å². The molecule has 0 aromatic carbocycles. The standard InChI is InChI=1S/C14H15ClN4S/c1-10(14-17-6-7-20-14)9-19-12-3-5-16-8-11(12)18-13(19)2-4-15/h3,5-8,10H,2,4,9H2,1H3. The molecule has 0 aliphatic carbocycles. The van der Waals surface area contributed by atoms with E-state index in [4.69, 9.17) is 11.6 Å². The second kappa shape index (κ2) is 5.89. The van der Waals surface area contributed by atoms with Crippen molar-refractivity contribution >= 4 is 34.0 Å². The predicted octanol–water partition coefficient (Wildman–Crippen LogP) is 3.47. The number of rotatable bonds is 5. The average molecular weight is 307 g/mol. The first-order valence-corrected chi connectivity index (χ1v) is 7.95. The van der Waals surface area contributed by atoms with E-state index in [2.05, 4.69) is 26.4 Å². The van der Waals surface area contributed by atoms with Gasteiger partial charge < -0.3 is 4.57 Å². The summed E-state index contributed by atoms with van der Waals surface area (Å²) >= 11 is 7.59. The van der Waals surface area contributed by atoms with E-state index in [1.54, 1.807) is 23.7 Å². The van der Waals surface area contributed by atoms with E-state index in [1.165, 1.54) is 0 Å². The molecule has 0 fully saturated rings. The highest BCUT2D eigenvalue weighted by Gasteiger charge is 2.15. The molecule has 0 saturated carbocycles. The minimum atomic E-state index is 0.356. The quantitative estimate of drug-likeness (QED) is 0.678. The number of imidazole rings is 1. The Hall–Kier alpha value is -1.46. The summed E-state index contributed by atoms with van der Waals surface area (Å²) in [4.78, 5) is 13.2. The van der Waals surface area contributed by atoms with Gasteiger partial charge in [-0.1, -0.05) is 6.92 Å². The van der Waals surface area contributed by atoms with Crippen LogP contribution in [-0.4, -0.2) is 25.4 Å².